The van der Waals surface area contributed by atoms with E-state index >= 15 is 0 Å². The number of hydrogen-bond donors (Lipinski definition) is 2. The Balaban J connectivity index is 2.38. The summed E-state index contributed by atoms with van der Waals surface area (Å²) in [6.45, 7) is 5.48. The highest BCUT2D eigenvalue weighted by Gasteiger charge is 2.34. The normalized spacial score (nSPS) is 21.6. The van der Waals surface area contributed by atoms with Crippen LogP contribution in [0.3, 0.4) is 0 Å². The highest BCUT2D eigenvalue weighted by molar-refractivity contribution is 7.89. The molecule has 1 atom stereocenters. The lowest BCUT2D eigenvalue weighted by atomic mass is 10.2. The number of hydrogen-bond acceptors (Lipinski definition) is 4. The number of H-pyrrole nitrogens is 1. The molecule has 1 aromatic heterocycles. The molecule has 2 N–H and O–H groups in total. The second-order valence-corrected chi connectivity index (χ2v) is 6.79. The minimum atomic E-state index is -3.41. The first-order chi connectivity index (χ1) is 8.46. The quantitative estimate of drug-likeness (QED) is 0.835. The maximum absolute atomic E-state index is 12.6. The van der Waals surface area contributed by atoms with E-state index in [1.54, 1.807) is 18.3 Å². The fourth-order valence-corrected chi connectivity index (χ4v) is 4.24. The molecule has 6 nitrogen and oxygen atoms in total. The maximum Gasteiger partial charge on any atom is 0.246 e. The summed E-state index contributed by atoms with van der Waals surface area (Å²) in [6, 6.07) is 0. The molecule has 2 heterocycles. The Hall–Kier alpha value is -0.920. The molecule has 1 saturated heterocycles. The average Bonchev–Trinajstić information content (AvgIpc) is 2.87. The number of aromatic amines is 1. The van der Waals surface area contributed by atoms with Crippen LogP contribution in [0.25, 0.3) is 0 Å². The van der Waals surface area contributed by atoms with Gasteiger partial charge in [-0.3, -0.25) is 5.10 Å². The van der Waals surface area contributed by atoms with E-state index in [2.05, 4.69) is 22.4 Å². The van der Waals surface area contributed by atoms with Crippen LogP contribution in [0.4, 0.5) is 0 Å². The van der Waals surface area contributed by atoms with Gasteiger partial charge in [0.2, 0.25) is 10.0 Å². The van der Waals surface area contributed by atoms with Crippen molar-refractivity contribution in [2.75, 3.05) is 20.1 Å². The van der Waals surface area contributed by atoms with Crippen molar-refractivity contribution in [1.82, 2.24) is 19.8 Å². The van der Waals surface area contributed by atoms with Gasteiger partial charge in [0.05, 0.1) is 11.4 Å². The number of rotatable bonds is 4. The van der Waals surface area contributed by atoms with Crippen molar-refractivity contribution in [3.8, 4) is 0 Å². The number of nitrogens with one attached hydrogen (secondary N) is 2. The van der Waals surface area contributed by atoms with E-state index in [0.717, 1.165) is 6.42 Å². The van der Waals surface area contributed by atoms with Gasteiger partial charge in [-0.2, -0.15) is 9.40 Å². The van der Waals surface area contributed by atoms with Crippen molar-refractivity contribution in [2.45, 2.75) is 31.7 Å². The van der Waals surface area contributed by atoms with Gasteiger partial charge in [0, 0.05) is 19.6 Å². The van der Waals surface area contributed by atoms with Gasteiger partial charge in [-0.25, -0.2) is 8.42 Å². The smallest absolute Gasteiger partial charge is 0.246 e. The standard InChI is InChI=1S/C11H20N4O2S/c1-8-4-5-15(7-8)18(16,17)11-9(2)13-14-10(11)6-12-3/h8,12H,4-7H2,1-3H3,(H,13,14). The first-order valence-corrected chi connectivity index (χ1v) is 7.59. The summed E-state index contributed by atoms with van der Waals surface area (Å²) in [7, 11) is -1.64. The number of nitrogens with zero attached hydrogens (tertiary/aromatic N) is 2. The summed E-state index contributed by atoms with van der Waals surface area (Å²) < 4.78 is 26.8. The van der Waals surface area contributed by atoms with Gasteiger partial charge < -0.3 is 5.32 Å². The van der Waals surface area contributed by atoms with Crippen LogP contribution in [0.2, 0.25) is 0 Å². The molecule has 18 heavy (non-hydrogen) atoms. The Morgan fingerprint density at radius 3 is 2.83 bits per heavy atom. The molecule has 1 fully saturated rings. The second kappa shape index (κ2) is 4.99. The molecule has 1 aliphatic heterocycles. The monoisotopic (exact) mass is 272 g/mol. The van der Waals surface area contributed by atoms with Crippen LogP contribution < -0.4 is 5.32 Å². The lowest BCUT2D eigenvalue weighted by Gasteiger charge is -2.16. The van der Waals surface area contributed by atoms with Crippen LogP contribution in [-0.4, -0.2) is 43.1 Å². The summed E-state index contributed by atoms with van der Waals surface area (Å²) in [5, 5.41) is 9.78. The third-order valence-corrected chi connectivity index (χ3v) is 5.36. The summed E-state index contributed by atoms with van der Waals surface area (Å²) in [5.74, 6) is 0.430. The van der Waals surface area contributed by atoms with E-state index in [1.807, 2.05) is 0 Å². The predicted octanol–water partition coefficient (Wildman–Crippen LogP) is 0.468. The summed E-state index contributed by atoms with van der Waals surface area (Å²) in [5.41, 5.74) is 1.18. The van der Waals surface area contributed by atoms with Crippen molar-refractivity contribution in [3.63, 3.8) is 0 Å². The van der Waals surface area contributed by atoms with Crippen molar-refractivity contribution >= 4 is 10.0 Å². The van der Waals surface area contributed by atoms with Gasteiger partial charge in [0.25, 0.3) is 0 Å². The molecule has 1 aromatic rings. The first-order valence-electron chi connectivity index (χ1n) is 6.15. The van der Waals surface area contributed by atoms with Crippen molar-refractivity contribution < 1.29 is 8.42 Å². The molecule has 0 bridgehead atoms. The Kier molecular flexibility index (Phi) is 3.74. The van der Waals surface area contributed by atoms with E-state index in [4.69, 9.17) is 0 Å². The molecule has 0 aliphatic carbocycles. The van der Waals surface area contributed by atoms with E-state index in [0.29, 0.717) is 41.8 Å². The third-order valence-electron chi connectivity index (χ3n) is 3.29. The fourth-order valence-electron chi connectivity index (χ4n) is 2.34. The Bertz CT molecular complexity index is 523. The van der Waals surface area contributed by atoms with Crippen molar-refractivity contribution in [2.24, 2.45) is 5.92 Å². The van der Waals surface area contributed by atoms with E-state index < -0.39 is 10.0 Å². The lowest BCUT2D eigenvalue weighted by Crippen LogP contribution is -2.30. The first kappa shape index (κ1) is 13.5. The van der Waals surface area contributed by atoms with Crippen LogP contribution in [0.15, 0.2) is 4.90 Å². The summed E-state index contributed by atoms with van der Waals surface area (Å²) in [4.78, 5) is 0.339. The highest BCUT2D eigenvalue weighted by Crippen LogP contribution is 2.27. The molecule has 0 amide bonds. The Labute approximate surface area is 108 Å². The molecular weight excluding hydrogens is 252 g/mol. The molecule has 1 unspecified atom stereocenters. The molecule has 1 aliphatic rings. The lowest BCUT2D eigenvalue weighted by molar-refractivity contribution is 0.463. The number of sulfonamides is 1. The van der Waals surface area contributed by atoms with Crippen LogP contribution in [0.1, 0.15) is 24.7 Å². The Morgan fingerprint density at radius 2 is 2.28 bits per heavy atom. The van der Waals surface area contributed by atoms with Gasteiger partial charge in [-0.05, 0) is 26.3 Å². The highest BCUT2D eigenvalue weighted by atomic mass is 32.2. The van der Waals surface area contributed by atoms with Gasteiger partial charge in [0.15, 0.2) is 0 Å². The Morgan fingerprint density at radius 1 is 1.56 bits per heavy atom. The van der Waals surface area contributed by atoms with Gasteiger partial charge in [-0.1, -0.05) is 6.92 Å². The van der Waals surface area contributed by atoms with Gasteiger partial charge in [-0.15, -0.1) is 0 Å². The zero-order valence-electron chi connectivity index (χ0n) is 11.0. The number of aromatic nitrogens is 2. The minimum Gasteiger partial charge on any atom is -0.314 e. The maximum atomic E-state index is 12.6. The zero-order valence-corrected chi connectivity index (χ0v) is 11.8. The molecule has 0 saturated carbocycles. The number of aryl methyl sites for hydroxylation is 1. The zero-order chi connectivity index (χ0) is 13.3. The SMILES string of the molecule is CNCc1n[nH]c(C)c1S(=O)(=O)N1CCC(C)C1. The van der Waals surface area contributed by atoms with Crippen molar-refractivity contribution in [3.05, 3.63) is 11.4 Å². The average molecular weight is 272 g/mol. The fraction of sp³-hybridized carbons (Fsp3) is 0.727. The topological polar surface area (TPSA) is 78.1 Å². The summed E-state index contributed by atoms with van der Waals surface area (Å²) in [6.07, 6.45) is 0.928. The van der Waals surface area contributed by atoms with Crippen LogP contribution >= 0.6 is 0 Å². The molecule has 0 aromatic carbocycles. The summed E-state index contributed by atoms with van der Waals surface area (Å²) >= 11 is 0. The van der Waals surface area contributed by atoms with E-state index in [1.165, 1.54) is 0 Å². The van der Waals surface area contributed by atoms with Gasteiger partial charge in [0.1, 0.15) is 4.90 Å². The van der Waals surface area contributed by atoms with E-state index in [9.17, 15) is 8.42 Å². The van der Waals surface area contributed by atoms with E-state index in [-0.39, 0.29) is 0 Å². The van der Waals surface area contributed by atoms with Crippen molar-refractivity contribution in [1.29, 1.82) is 0 Å². The van der Waals surface area contributed by atoms with Gasteiger partial charge >= 0.3 is 0 Å². The molecular formula is C11H20N4O2S. The van der Waals surface area contributed by atoms with Crippen LogP contribution in [0.5, 0.6) is 0 Å². The predicted molar refractivity (Wildman–Crippen MR) is 68.6 cm³/mol. The molecule has 0 radical (unpaired) electrons. The third kappa shape index (κ3) is 2.30. The minimum absolute atomic E-state index is 0.339. The molecule has 102 valence electrons. The molecule has 0 spiro atoms. The van der Waals surface area contributed by atoms with Crippen LogP contribution in [0, 0.1) is 12.8 Å². The van der Waals surface area contributed by atoms with Crippen LogP contribution in [-0.2, 0) is 16.6 Å². The molecule has 2 rings (SSSR count). The second-order valence-electron chi connectivity index (χ2n) is 4.91. The largest absolute Gasteiger partial charge is 0.314 e. The molecule has 7 heteroatoms.